The second kappa shape index (κ2) is 8.78. The summed E-state index contributed by atoms with van der Waals surface area (Å²) in [6.45, 7) is 4.12. The molecule has 1 N–H and O–H groups in total. The first-order valence-corrected chi connectivity index (χ1v) is 10.6. The maximum absolute atomic E-state index is 12.6. The average Bonchev–Trinajstić information content (AvgIpc) is 3.06. The van der Waals surface area contributed by atoms with E-state index < -0.39 is 0 Å². The number of rotatable bonds is 5. The van der Waals surface area contributed by atoms with Crippen molar-refractivity contribution in [1.82, 2.24) is 9.99 Å². The molecule has 0 fully saturated rings. The van der Waals surface area contributed by atoms with Crippen molar-refractivity contribution in [3.63, 3.8) is 0 Å². The number of nitrogens with zero attached hydrogens (tertiary/aromatic N) is 2. The number of fused-ring (bicyclic) bond motifs is 1. The number of carbonyl (C=O) groups excluding carboxylic acids is 1. The molecule has 0 aliphatic heterocycles. The average molecular weight is 476 g/mol. The molecule has 0 aliphatic carbocycles. The fraction of sp³-hybridized carbons (Fsp3) is 0.120. The van der Waals surface area contributed by atoms with Crippen molar-refractivity contribution in [2.75, 3.05) is 7.11 Å². The van der Waals surface area contributed by atoms with Crippen molar-refractivity contribution < 1.29 is 9.53 Å². The van der Waals surface area contributed by atoms with Gasteiger partial charge in [0.05, 0.1) is 24.6 Å². The van der Waals surface area contributed by atoms with Gasteiger partial charge in [-0.3, -0.25) is 4.79 Å². The van der Waals surface area contributed by atoms with Crippen LogP contribution in [0.3, 0.4) is 0 Å². The normalized spacial score (nSPS) is 11.2. The molecule has 4 rings (SSSR count). The van der Waals surface area contributed by atoms with Crippen molar-refractivity contribution >= 4 is 38.8 Å². The molecule has 0 spiro atoms. The number of benzene rings is 3. The number of ether oxygens (including phenoxy) is 1. The zero-order valence-corrected chi connectivity index (χ0v) is 19.1. The Labute approximate surface area is 189 Å². The summed E-state index contributed by atoms with van der Waals surface area (Å²) in [6, 6.07) is 22.0. The Kier molecular flexibility index (Phi) is 5.91. The van der Waals surface area contributed by atoms with Gasteiger partial charge in [-0.15, -0.1) is 0 Å². The summed E-state index contributed by atoms with van der Waals surface area (Å²) in [6.07, 6.45) is 1.67. The summed E-state index contributed by atoms with van der Waals surface area (Å²) in [4.78, 5) is 12.6. The number of carbonyl (C=O) groups is 1. The van der Waals surface area contributed by atoms with Crippen LogP contribution in [-0.2, 0) is 0 Å². The third-order valence-electron chi connectivity index (χ3n) is 5.25. The quantitative estimate of drug-likeness (QED) is 0.293. The van der Waals surface area contributed by atoms with Gasteiger partial charge in [0.2, 0.25) is 0 Å². The highest BCUT2D eigenvalue weighted by Crippen LogP contribution is 2.27. The molecular weight excluding hydrogens is 454 g/mol. The number of methoxy groups -OCH3 is 1. The Morgan fingerprint density at radius 3 is 2.65 bits per heavy atom. The number of nitrogens with one attached hydrogen (secondary N) is 1. The van der Waals surface area contributed by atoms with Crippen molar-refractivity contribution in [2.45, 2.75) is 13.8 Å². The van der Waals surface area contributed by atoms with Gasteiger partial charge in [-0.2, -0.15) is 5.10 Å². The number of halogens is 1. The van der Waals surface area contributed by atoms with Gasteiger partial charge in [0.25, 0.3) is 5.91 Å². The van der Waals surface area contributed by atoms with Crippen LogP contribution in [-0.4, -0.2) is 23.8 Å². The van der Waals surface area contributed by atoms with Crippen LogP contribution in [0.15, 0.2) is 76.3 Å². The van der Waals surface area contributed by atoms with Gasteiger partial charge in [-0.1, -0.05) is 52.3 Å². The number of hydrogen-bond donors (Lipinski definition) is 1. The monoisotopic (exact) mass is 475 g/mol. The summed E-state index contributed by atoms with van der Waals surface area (Å²) in [7, 11) is 1.53. The first kappa shape index (κ1) is 20.9. The first-order valence-electron chi connectivity index (χ1n) is 9.83. The number of hydrogen-bond acceptors (Lipinski definition) is 3. The molecule has 1 amide bonds. The van der Waals surface area contributed by atoms with Crippen molar-refractivity contribution in [3.05, 3.63) is 93.7 Å². The van der Waals surface area contributed by atoms with Crippen molar-refractivity contribution in [2.24, 2.45) is 5.10 Å². The summed E-state index contributed by atoms with van der Waals surface area (Å²) in [5.41, 5.74) is 7.21. The summed E-state index contributed by atoms with van der Waals surface area (Å²) >= 11 is 3.38. The number of hydrazone groups is 1. The van der Waals surface area contributed by atoms with E-state index >= 15 is 0 Å². The van der Waals surface area contributed by atoms with Gasteiger partial charge in [-0.05, 0) is 49.6 Å². The van der Waals surface area contributed by atoms with E-state index in [1.165, 1.54) is 17.9 Å². The molecule has 0 bridgehead atoms. The lowest BCUT2D eigenvalue weighted by atomic mass is 10.1. The van der Waals surface area contributed by atoms with Gasteiger partial charge in [-0.25, -0.2) is 5.43 Å². The third-order valence-corrected chi connectivity index (χ3v) is 5.75. The van der Waals surface area contributed by atoms with Gasteiger partial charge in [0, 0.05) is 26.8 Å². The van der Waals surface area contributed by atoms with E-state index in [0.717, 1.165) is 27.1 Å². The highest BCUT2D eigenvalue weighted by Gasteiger charge is 2.14. The lowest BCUT2D eigenvalue weighted by molar-refractivity contribution is 0.0952. The van der Waals surface area contributed by atoms with Crippen molar-refractivity contribution in [3.8, 4) is 11.4 Å². The van der Waals surface area contributed by atoms with Crippen LogP contribution in [0, 0.1) is 13.8 Å². The topological polar surface area (TPSA) is 55.6 Å². The van der Waals surface area contributed by atoms with E-state index in [0.29, 0.717) is 11.3 Å². The fourth-order valence-electron chi connectivity index (χ4n) is 3.77. The zero-order chi connectivity index (χ0) is 22.0. The fourth-order valence-corrected chi connectivity index (χ4v) is 4.13. The van der Waals surface area contributed by atoms with E-state index in [4.69, 9.17) is 4.74 Å². The molecule has 3 aromatic carbocycles. The van der Waals surface area contributed by atoms with Gasteiger partial charge in [0.1, 0.15) is 5.75 Å². The minimum atomic E-state index is -0.336. The molecule has 0 atom stereocenters. The molecule has 156 valence electrons. The molecular formula is C25H22BrN3O2. The largest absolute Gasteiger partial charge is 0.496 e. The van der Waals surface area contributed by atoms with Crippen molar-refractivity contribution in [1.29, 1.82) is 0 Å². The third kappa shape index (κ3) is 4.11. The van der Waals surface area contributed by atoms with E-state index in [1.807, 2.05) is 18.2 Å². The minimum Gasteiger partial charge on any atom is -0.496 e. The Bertz CT molecular complexity index is 1300. The molecule has 1 heterocycles. The summed E-state index contributed by atoms with van der Waals surface area (Å²) in [5, 5.41) is 6.56. The SMILES string of the molecule is COc1ccc(Br)cc1C(=O)N/N=C\c1cc(C)n(-c2cccc3ccccc23)c1C. The number of amides is 1. The molecule has 5 nitrogen and oxygen atoms in total. The van der Waals surface area contributed by atoms with Gasteiger partial charge >= 0.3 is 0 Å². The molecule has 6 heteroatoms. The molecule has 0 saturated carbocycles. The van der Waals surface area contributed by atoms with E-state index in [1.54, 1.807) is 18.3 Å². The maximum atomic E-state index is 12.6. The van der Waals surface area contributed by atoms with E-state index in [2.05, 4.69) is 81.3 Å². The Hall–Kier alpha value is -3.38. The summed E-state index contributed by atoms with van der Waals surface area (Å²) in [5.74, 6) is 0.155. The molecule has 0 radical (unpaired) electrons. The molecule has 0 aliphatic rings. The second-order valence-corrected chi connectivity index (χ2v) is 8.12. The Morgan fingerprint density at radius 2 is 1.84 bits per heavy atom. The standard InChI is InChI=1S/C25H22BrN3O2/c1-16-13-19(15-27-28-25(30)22-14-20(26)11-12-24(22)31-3)17(2)29(16)23-10-6-8-18-7-4-5-9-21(18)23/h4-15H,1-3H3,(H,28,30)/b27-15-. The smallest absolute Gasteiger partial charge is 0.275 e. The van der Waals surface area contributed by atoms with Crippen LogP contribution in [0.4, 0.5) is 0 Å². The van der Waals surface area contributed by atoms with Gasteiger partial charge in [0.15, 0.2) is 0 Å². The molecule has 4 aromatic rings. The Morgan fingerprint density at radius 1 is 1.06 bits per heavy atom. The van der Waals surface area contributed by atoms with Crippen LogP contribution in [0.2, 0.25) is 0 Å². The molecule has 0 unspecified atom stereocenters. The van der Waals surface area contributed by atoms with E-state index in [-0.39, 0.29) is 5.91 Å². The predicted molar refractivity (Wildman–Crippen MR) is 129 cm³/mol. The molecule has 1 aromatic heterocycles. The van der Waals surface area contributed by atoms with Crippen LogP contribution in [0.5, 0.6) is 5.75 Å². The van der Waals surface area contributed by atoms with Crippen LogP contribution >= 0.6 is 15.9 Å². The number of aryl methyl sites for hydroxylation is 1. The lowest BCUT2D eigenvalue weighted by Gasteiger charge is -2.13. The van der Waals surface area contributed by atoms with Gasteiger partial charge < -0.3 is 9.30 Å². The van der Waals surface area contributed by atoms with Crippen LogP contribution < -0.4 is 10.2 Å². The van der Waals surface area contributed by atoms with E-state index in [9.17, 15) is 4.79 Å². The maximum Gasteiger partial charge on any atom is 0.275 e. The predicted octanol–water partition coefficient (Wildman–Crippen LogP) is 5.78. The van der Waals surface area contributed by atoms with Crippen LogP contribution in [0.25, 0.3) is 16.5 Å². The second-order valence-electron chi connectivity index (χ2n) is 7.20. The zero-order valence-electron chi connectivity index (χ0n) is 17.5. The summed E-state index contributed by atoms with van der Waals surface area (Å²) < 4.78 is 8.28. The lowest BCUT2D eigenvalue weighted by Crippen LogP contribution is -2.18. The first-order chi connectivity index (χ1) is 15.0. The Balaban J connectivity index is 1.62. The molecule has 31 heavy (non-hydrogen) atoms. The highest BCUT2D eigenvalue weighted by atomic mass is 79.9. The number of aromatic nitrogens is 1. The van der Waals surface area contributed by atoms with Crippen LogP contribution in [0.1, 0.15) is 27.3 Å². The highest BCUT2D eigenvalue weighted by molar-refractivity contribution is 9.10. The minimum absolute atomic E-state index is 0.336. The molecule has 0 saturated heterocycles.